The first kappa shape index (κ1) is 14.9. The van der Waals surface area contributed by atoms with Crippen molar-refractivity contribution in [1.82, 2.24) is 10.6 Å². The Kier molecular flexibility index (Phi) is 5.41. The van der Waals surface area contributed by atoms with E-state index in [2.05, 4.69) is 24.5 Å². The molecule has 1 saturated heterocycles. The molecule has 0 aromatic heterocycles. The van der Waals surface area contributed by atoms with Gasteiger partial charge in [-0.25, -0.2) is 0 Å². The molecule has 1 heterocycles. The number of benzene rings is 1. The molecule has 2 N–H and O–H groups in total. The van der Waals surface area contributed by atoms with E-state index in [4.69, 9.17) is 4.74 Å². The van der Waals surface area contributed by atoms with E-state index in [9.17, 15) is 4.79 Å². The zero-order valence-electron chi connectivity index (χ0n) is 12.3. The molecular weight excluding hydrogens is 252 g/mol. The Morgan fingerprint density at radius 1 is 1.30 bits per heavy atom. The van der Waals surface area contributed by atoms with Crippen LogP contribution in [0.3, 0.4) is 0 Å². The Morgan fingerprint density at radius 2 is 1.95 bits per heavy atom. The third-order valence-corrected chi connectivity index (χ3v) is 3.62. The van der Waals surface area contributed by atoms with Gasteiger partial charge in [-0.2, -0.15) is 0 Å². The zero-order valence-corrected chi connectivity index (χ0v) is 12.3. The molecule has 0 saturated carbocycles. The van der Waals surface area contributed by atoms with Crippen molar-refractivity contribution in [3.05, 3.63) is 29.8 Å². The summed E-state index contributed by atoms with van der Waals surface area (Å²) >= 11 is 0. The molecule has 0 bridgehead atoms. The molecule has 2 rings (SSSR count). The number of amides is 1. The van der Waals surface area contributed by atoms with Gasteiger partial charge in [0.25, 0.3) is 5.91 Å². The molecule has 0 radical (unpaired) electrons. The second kappa shape index (κ2) is 7.29. The smallest absolute Gasteiger partial charge is 0.258 e. The van der Waals surface area contributed by atoms with Crippen LogP contribution >= 0.6 is 0 Å². The molecule has 20 heavy (non-hydrogen) atoms. The molecule has 1 aliphatic heterocycles. The van der Waals surface area contributed by atoms with Gasteiger partial charge in [0.2, 0.25) is 0 Å². The molecule has 0 unspecified atom stereocenters. The van der Waals surface area contributed by atoms with Gasteiger partial charge in [0.05, 0.1) is 0 Å². The molecule has 1 aliphatic rings. The quantitative estimate of drug-likeness (QED) is 0.865. The highest BCUT2D eigenvalue weighted by molar-refractivity contribution is 5.77. The average Bonchev–Trinajstić information content (AvgIpc) is 2.46. The fraction of sp³-hybridized carbons (Fsp3) is 0.562. The maximum Gasteiger partial charge on any atom is 0.258 e. The number of rotatable bonds is 5. The van der Waals surface area contributed by atoms with E-state index in [1.807, 2.05) is 24.3 Å². The Labute approximate surface area is 120 Å². The van der Waals surface area contributed by atoms with Crippen LogP contribution in [0, 0.1) is 0 Å². The molecule has 1 aromatic rings. The lowest BCUT2D eigenvalue weighted by Gasteiger charge is -2.23. The maximum absolute atomic E-state index is 11.8. The van der Waals surface area contributed by atoms with Crippen molar-refractivity contribution >= 4 is 5.91 Å². The fourth-order valence-electron chi connectivity index (χ4n) is 2.33. The second-order valence-electron chi connectivity index (χ2n) is 5.60. The third kappa shape index (κ3) is 4.53. The van der Waals surface area contributed by atoms with Crippen LogP contribution in [0.1, 0.15) is 38.2 Å². The number of ether oxygens (including phenoxy) is 1. The molecule has 4 heteroatoms. The molecule has 4 nitrogen and oxygen atoms in total. The first-order valence-electron chi connectivity index (χ1n) is 7.38. The monoisotopic (exact) mass is 276 g/mol. The fourth-order valence-corrected chi connectivity index (χ4v) is 2.33. The van der Waals surface area contributed by atoms with Crippen molar-refractivity contribution in [2.75, 3.05) is 19.7 Å². The summed E-state index contributed by atoms with van der Waals surface area (Å²) in [5.74, 6) is 1.21. The highest BCUT2D eigenvalue weighted by Gasteiger charge is 2.15. The molecule has 110 valence electrons. The van der Waals surface area contributed by atoms with E-state index in [-0.39, 0.29) is 18.6 Å². The van der Waals surface area contributed by atoms with E-state index in [0.29, 0.717) is 5.92 Å². The number of carbonyl (C=O) groups excluding carboxylic acids is 1. The number of hydrogen-bond donors (Lipinski definition) is 2. The first-order chi connectivity index (χ1) is 9.65. The SMILES string of the molecule is CC(C)c1ccc(OCC(=O)NC2CCNCC2)cc1. The first-order valence-corrected chi connectivity index (χ1v) is 7.38. The van der Waals surface area contributed by atoms with Crippen LogP contribution in [0.4, 0.5) is 0 Å². The van der Waals surface area contributed by atoms with E-state index < -0.39 is 0 Å². The number of hydrogen-bond acceptors (Lipinski definition) is 3. The van der Waals surface area contributed by atoms with Gasteiger partial charge in [-0.1, -0.05) is 26.0 Å². The summed E-state index contributed by atoms with van der Waals surface area (Å²) in [5, 5.41) is 6.29. The van der Waals surface area contributed by atoms with Crippen molar-refractivity contribution in [3.8, 4) is 5.75 Å². The minimum atomic E-state index is -0.0372. The van der Waals surface area contributed by atoms with Crippen LogP contribution in [0.15, 0.2) is 24.3 Å². The molecular formula is C16H24N2O2. The van der Waals surface area contributed by atoms with Crippen LogP contribution < -0.4 is 15.4 Å². The van der Waals surface area contributed by atoms with E-state index in [1.165, 1.54) is 5.56 Å². The minimum absolute atomic E-state index is 0.0372. The Hall–Kier alpha value is -1.55. The summed E-state index contributed by atoms with van der Waals surface area (Å²) in [7, 11) is 0. The summed E-state index contributed by atoms with van der Waals surface area (Å²) in [6.07, 6.45) is 1.99. The van der Waals surface area contributed by atoms with Gasteiger partial charge in [-0.05, 0) is 49.5 Å². The van der Waals surface area contributed by atoms with Crippen LogP contribution in [-0.4, -0.2) is 31.6 Å². The van der Waals surface area contributed by atoms with E-state index >= 15 is 0 Å². The van der Waals surface area contributed by atoms with Crippen LogP contribution in [-0.2, 0) is 4.79 Å². The zero-order chi connectivity index (χ0) is 14.4. The lowest BCUT2D eigenvalue weighted by atomic mass is 10.0. The van der Waals surface area contributed by atoms with Gasteiger partial charge in [0.15, 0.2) is 6.61 Å². The highest BCUT2D eigenvalue weighted by Crippen LogP contribution is 2.18. The Morgan fingerprint density at radius 3 is 2.55 bits per heavy atom. The van der Waals surface area contributed by atoms with Crippen LogP contribution in [0.25, 0.3) is 0 Å². The summed E-state index contributed by atoms with van der Waals surface area (Å²) in [4.78, 5) is 11.8. The van der Waals surface area contributed by atoms with Gasteiger partial charge in [-0.3, -0.25) is 4.79 Å². The third-order valence-electron chi connectivity index (χ3n) is 3.62. The molecule has 0 aliphatic carbocycles. The summed E-state index contributed by atoms with van der Waals surface area (Å²) in [5.41, 5.74) is 1.27. The van der Waals surface area contributed by atoms with Gasteiger partial charge in [0.1, 0.15) is 5.75 Å². The van der Waals surface area contributed by atoms with Crippen molar-refractivity contribution in [3.63, 3.8) is 0 Å². The summed E-state index contributed by atoms with van der Waals surface area (Å²) in [6, 6.07) is 8.23. The number of piperidine rings is 1. The standard InChI is InChI=1S/C16H24N2O2/c1-12(2)13-3-5-15(6-4-13)20-11-16(19)18-14-7-9-17-10-8-14/h3-6,12,14,17H,7-11H2,1-2H3,(H,18,19). The normalized spacial score (nSPS) is 16.1. The average molecular weight is 276 g/mol. The Bertz CT molecular complexity index is 423. The van der Waals surface area contributed by atoms with Gasteiger partial charge in [-0.15, -0.1) is 0 Å². The predicted molar refractivity (Wildman–Crippen MR) is 80.1 cm³/mol. The molecule has 0 spiro atoms. The molecule has 1 amide bonds. The second-order valence-corrected chi connectivity index (χ2v) is 5.60. The van der Waals surface area contributed by atoms with E-state index in [1.54, 1.807) is 0 Å². The van der Waals surface area contributed by atoms with Crippen LogP contribution in [0.5, 0.6) is 5.75 Å². The highest BCUT2D eigenvalue weighted by atomic mass is 16.5. The van der Waals surface area contributed by atoms with E-state index in [0.717, 1.165) is 31.7 Å². The summed E-state index contributed by atoms with van der Waals surface area (Å²) in [6.45, 7) is 6.35. The molecule has 1 aromatic carbocycles. The molecule has 1 fully saturated rings. The number of carbonyl (C=O) groups is 1. The van der Waals surface area contributed by atoms with Crippen molar-refractivity contribution in [1.29, 1.82) is 0 Å². The minimum Gasteiger partial charge on any atom is -0.484 e. The lowest BCUT2D eigenvalue weighted by Crippen LogP contribution is -2.44. The summed E-state index contributed by atoms with van der Waals surface area (Å²) < 4.78 is 5.52. The van der Waals surface area contributed by atoms with Crippen LogP contribution in [0.2, 0.25) is 0 Å². The topological polar surface area (TPSA) is 50.4 Å². The largest absolute Gasteiger partial charge is 0.484 e. The van der Waals surface area contributed by atoms with Crippen molar-refractivity contribution in [2.45, 2.75) is 38.6 Å². The molecule has 0 atom stereocenters. The lowest BCUT2D eigenvalue weighted by molar-refractivity contribution is -0.123. The number of nitrogens with one attached hydrogen (secondary N) is 2. The van der Waals surface area contributed by atoms with Crippen molar-refractivity contribution < 1.29 is 9.53 Å². The predicted octanol–water partition coefficient (Wildman–Crippen LogP) is 2.06. The Balaban J connectivity index is 1.74. The maximum atomic E-state index is 11.8. The van der Waals surface area contributed by atoms with Gasteiger partial charge >= 0.3 is 0 Å². The van der Waals surface area contributed by atoms with Crippen molar-refractivity contribution in [2.24, 2.45) is 0 Å². The van der Waals surface area contributed by atoms with Gasteiger partial charge < -0.3 is 15.4 Å². The van der Waals surface area contributed by atoms with Gasteiger partial charge in [0, 0.05) is 6.04 Å².